The van der Waals surface area contributed by atoms with Crippen LogP contribution in [0.2, 0.25) is 5.02 Å². The van der Waals surface area contributed by atoms with E-state index in [1.807, 2.05) is 0 Å². The Morgan fingerprint density at radius 1 is 1.06 bits per heavy atom. The van der Waals surface area contributed by atoms with Crippen LogP contribution in [-0.4, -0.2) is 51.6 Å². The fraction of sp³-hybridized carbons (Fsp3) is 0.227. The predicted octanol–water partition coefficient (Wildman–Crippen LogP) is 3.72. The number of halogens is 4. The SMILES string of the molecule is Cc1cc(C)c(NC(=O)c2cc(C(F)(F)F)nn2-c2ncccc2Cl)c(C(=O)NNC(=O)N(C)C)c1. The molecular weight excluding hydrogens is 503 g/mol. The topological polar surface area (TPSA) is 121 Å². The fourth-order valence-corrected chi connectivity index (χ4v) is 3.36. The van der Waals surface area contributed by atoms with Gasteiger partial charge in [0.1, 0.15) is 5.69 Å². The first kappa shape index (κ1) is 26.5. The summed E-state index contributed by atoms with van der Waals surface area (Å²) in [6.45, 7) is 3.31. The third-order valence-electron chi connectivity index (χ3n) is 4.82. The Labute approximate surface area is 208 Å². The van der Waals surface area contributed by atoms with E-state index < -0.39 is 35.4 Å². The van der Waals surface area contributed by atoms with Gasteiger partial charge in [-0.2, -0.15) is 18.3 Å². The van der Waals surface area contributed by atoms with Gasteiger partial charge in [0.2, 0.25) is 0 Å². The minimum Gasteiger partial charge on any atom is -0.330 e. The van der Waals surface area contributed by atoms with E-state index in [4.69, 9.17) is 11.6 Å². The summed E-state index contributed by atoms with van der Waals surface area (Å²) in [6, 6.07) is 5.92. The first-order valence-electron chi connectivity index (χ1n) is 10.3. The standard InChI is InChI=1S/C22H21ClF3N7O3/c1-11-8-12(2)17(13(9-11)19(34)29-30-21(36)32(3)4)28-20(35)15-10-16(22(24,25)26)31-33(15)18-14(23)6-5-7-27-18/h5-10H,1-4H3,(H,28,35)(H,29,34)(H,30,36). The van der Waals surface area contributed by atoms with Crippen molar-refractivity contribution in [3.63, 3.8) is 0 Å². The molecule has 0 aliphatic carbocycles. The number of nitrogens with one attached hydrogen (secondary N) is 3. The van der Waals surface area contributed by atoms with Crippen molar-refractivity contribution in [2.45, 2.75) is 20.0 Å². The average molecular weight is 524 g/mol. The maximum absolute atomic E-state index is 13.4. The Bertz CT molecular complexity index is 1340. The van der Waals surface area contributed by atoms with Crippen LogP contribution in [0.15, 0.2) is 36.5 Å². The van der Waals surface area contributed by atoms with Crippen LogP contribution in [0.1, 0.15) is 37.7 Å². The number of hydrogen-bond donors (Lipinski definition) is 3. The molecular formula is C22H21ClF3N7O3. The molecule has 0 bridgehead atoms. The van der Waals surface area contributed by atoms with E-state index in [-0.39, 0.29) is 22.1 Å². The second-order valence-electron chi connectivity index (χ2n) is 7.87. The van der Waals surface area contributed by atoms with Crippen LogP contribution in [0.4, 0.5) is 23.7 Å². The van der Waals surface area contributed by atoms with E-state index in [0.717, 1.165) is 0 Å². The molecule has 2 heterocycles. The van der Waals surface area contributed by atoms with Gasteiger partial charge in [-0.05, 0) is 43.2 Å². The highest BCUT2D eigenvalue weighted by Gasteiger charge is 2.37. The highest BCUT2D eigenvalue weighted by molar-refractivity contribution is 6.32. The summed E-state index contributed by atoms with van der Waals surface area (Å²) >= 11 is 6.08. The predicted molar refractivity (Wildman–Crippen MR) is 125 cm³/mol. The maximum Gasteiger partial charge on any atom is 0.435 e. The number of carbonyl (C=O) groups excluding carboxylic acids is 3. The van der Waals surface area contributed by atoms with Gasteiger partial charge in [-0.25, -0.2) is 19.9 Å². The van der Waals surface area contributed by atoms with Crippen molar-refractivity contribution < 1.29 is 27.6 Å². The second-order valence-corrected chi connectivity index (χ2v) is 8.28. The minimum atomic E-state index is -4.85. The Balaban J connectivity index is 2.03. The third kappa shape index (κ3) is 5.74. The molecule has 0 aliphatic heterocycles. The molecule has 190 valence electrons. The van der Waals surface area contributed by atoms with Gasteiger partial charge in [0.05, 0.1) is 16.3 Å². The van der Waals surface area contributed by atoms with E-state index >= 15 is 0 Å². The number of amides is 4. The fourth-order valence-electron chi connectivity index (χ4n) is 3.16. The van der Waals surface area contributed by atoms with E-state index in [0.29, 0.717) is 21.9 Å². The summed E-state index contributed by atoms with van der Waals surface area (Å²) in [4.78, 5) is 42.9. The number of rotatable bonds is 4. The number of alkyl halides is 3. The van der Waals surface area contributed by atoms with E-state index in [1.54, 1.807) is 19.9 Å². The summed E-state index contributed by atoms with van der Waals surface area (Å²) in [6.07, 6.45) is -3.57. The van der Waals surface area contributed by atoms with Crippen LogP contribution in [0.25, 0.3) is 5.82 Å². The van der Waals surface area contributed by atoms with Crippen molar-refractivity contribution in [1.82, 2.24) is 30.5 Å². The van der Waals surface area contributed by atoms with Gasteiger partial charge < -0.3 is 10.2 Å². The molecule has 10 nitrogen and oxygen atoms in total. The molecule has 0 radical (unpaired) electrons. The van der Waals surface area contributed by atoms with Gasteiger partial charge in [0.15, 0.2) is 11.5 Å². The number of anilines is 1. The number of hydrazine groups is 1. The van der Waals surface area contributed by atoms with Gasteiger partial charge in [-0.1, -0.05) is 17.7 Å². The number of hydrogen-bond acceptors (Lipinski definition) is 5. The molecule has 4 amide bonds. The number of urea groups is 1. The molecule has 3 rings (SSSR count). The molecule has 3 N–H and O–H groups in total. The van der Waals surface area contributed by atoms with Crippen LogP contribution in [-0.2, 0) is 6.18 Å². The summed E-state index contributed by atoms with van der Waals surface area (Å²) in [7, 11) is 2.94. The molecule has 2 aromatic heterocycles. The van der Waals surface area contributed by atoms with E-state index in [1.165, 1.54) is 43.4 Å². The second kappa shape index (κ2) is 10.2. The molecule has 0 unspecified atom stereocenters. The van der Waals surface area contributed by atoms with Crippen molar-refractivity contribution in [3.05, 3.63) is 69.6 Å². The summed E-state index contributed by atoms with van der Waals surface area (Å²) in [5.74, 6) is -1.95. The van der Waals surface area contributed by atoms with Gasteiger partial charge in [-0.15, -0.1) is 0 Å². The Morgan fingerprint density at radius 2 is 1.75 bits per heavy atom. The van der Waals surface area contributed by atoms with Gasteiger partial charge in [0, 0.05) is 26.4 Å². The molecule has 0 atom stereocenters. The molecule has 0 fully saturated rings. The van der Waals surface area contributed by atoms with E-state index in [2.05, 4.69) is 26.3 Å². The first-order chi connectivity index (χ1) is 16.8. The van der Waals surface area contributed by atoms with Crippen molar-refractivity contribution in [2.75, 3.05) is 19.4 Å². The molecule has 14 heteroatoms. The van der Waals surface area contributed by atoms with Crippen LogP contribution < -0.4 is 16.2 Å². The quantitative estimate of drug-likeness (QED) is 0.450. The molecule has 1 aromatic carbocycles. The van der Waals surface area contributed by atoms with Crippen LogP contribution in [0, 0.1) is 13.8 Å². The molecule has 0 saturated carbocycles. The van der Waals surface area contributed by atoms with Crippen molar-refractivity contribution in [1.29, 1.82) is 0 Å². The average Bonchev–Trinajstić information content (AvgIpc) is 3.25. The highest BCUT2D eigenvalue weighted by atomic mass is 35.5. The Morgan fingerprint density at radius 3 is 2.36 bits per heavy atom. The number of carbonyl (C=O) groups is 3. The van der Waals surface area contributed by atoms with Crippen LogP contribution in [0.3, 0.4) is 0 Å². The summed E-state index contributed by atoms with van der Waals surface area (Å²) < 4.78 is 40.9. The van der Waals surface area contributed by atoms with Crippen molar-refractivity contribution >= 4 is 35.1 Å². The number of aromatic nitrogens is 3. The number of nitrogens with zero attached hydrogens (tertiary/aromatic N) is 4. The molecule has 0 aliphatic rings. The first-order valence-corrected chi connectivity index (χ1v) is 10.7. The molecule has 0 saturated heterocycles. The monoisotopic (exact) mass is 523 g/mol. The van der Waals surface area contributed by atoms with Crippen LogP contribution in [0.5, 0.6) is 0 Å². The van der Waals surface area contributed by atoms with Crippen molar-refractivity contribution in [3.8, 4) is 5.82 Å². The number of benzene rings is 1. The van der Waals surface area contributed by atoms with Gasteiger partial charge in [-0.3, -0.25) is 15.0 Å². The number of pyridine rings is 1. The van der Waals surface area contributed by atoms with Crippen molar-refractivity contribution in [2.24, 2.45) is 0 Å². The maximum atomic E-state index is 13.4. The zero-order valence-corrected chi connectivity index (χ0v) is 20.2. The van der Waals surface area contributed by atoms with Crippen LogP contribution >= 0.6 is 11.6 Å². The smallest absolute Gasteiger partial charge is 0.330 e. The highest BCUT2D eigenvalue weighted by Crippen LogP contribution is 2.31. The Hall–Kier alpha value is -4.13. The normalized spacial score (nSPS) is 11.1. The largest absolute Gasteiger partial charge is 0.435 e. The van der Waals surface area contributed by atoms with E-state index in [9.17, 15) is 27.6 Å². The molecule has 0 spiro atoms. The summed E-state index contributed by atoms with van der Waals surface area (Å²) in [5.41, 5.74) is 3.69. The number of aryl methyl sites for hydroxylation is 2. The zero-order valence-electron chi connectivity index (χ0n) is 19.5. The lowest BCUT2D eigenvalue weighted by atomic mass is 10.0. The summed E-state index contributed by atoms with van der Waals surface area (Å²) in [5, 5.41) is 5.94. The lowest BCUT2D eigenvalue weighted by Crippen LogP contribution is -2.46. The third-order valence-corrected chi connectivity index (χ3v) is 5.12. The van der Waals surface area contributed by atoms with Gasteiger partial charge in [0.25, 0.3) is 11.8 Å². The Kier molecular flexibility index (Phi) is 7.53. The lowest BCUT2D eigenvalue weighted by Gasteiger charge is -2.17. The molecule has 36 heavy (non-hydrogen) atoms. The molecule has 3 aromatic rings. The van der Waals surface area contributed by atoms with Gasteiger partial charge >= 0.3 is 12.2 Å². The lowest BCUT2D eigenvalue weighted by molar-refractivity contribution is -0.141. The zero-order chi connectivity index (χ0) is 26.8. The minimum absolute atomic E-state index is 0.0237.